The minimum Gasteiger partial charge on any atom is -0.399 e. The van der Waals surface area contributed by atoms with E-state index in [4.69, 9.17) is 11.5 Å². The van der Waals surface area contributed by atoms with Crippen LogP contribution in [0.25, 0.3) is 44.5 Å². The molecule has 0 atom stereocenters. The maximum Gasteiger partial charge on any atom is 0.0314 e. The molecular formula is C39H34N2. The number of aryl methyl sites for hydroxylation is 2. The molecule has 2 nitrogen and oxygen atoms in total. The molecule has 2 heteroatoms. The first-order chi connectivity index (χ1) is 20.1. The summed E-state index contributed by atoms with van der Waals surface area (Å²) in [5, 5.41) is 0. The Morgan fingerprint density at radius 2 is 0.585 bits per heavy atom. The second-order valence-corrected chi connectivity index (χ2v) is 10.6. The molecule has 0 saturated carbocycles. The Morgan fingerprint density at radius 3 is 0.878 bits per heavy atom. The molecule has 0 fully saturated rings. The Labute approximate surface area is 242 Å². The van der Waals surface area contributed by atoms with Crippen LogP contribution in [0.15, 0.2) is 146 Å². The van der Waals surface area contributed by atoms with Crippen molar-refractivity contribution in [3.63, 3.8) is 0 Å². The molecule has 0 saturated heterocycles. The molecule has 4 N–H and O–H groups in total. The SMILES string of the molecule is Nc1ccc(-c2ccccc2-c2ccc(CCCc3ccc(-c4ccccc4-c4ccc(N)cc4)cc3)cc2)cc1. The summed E-state index contributed by atoms with van der Waals surface area (Å²) in [6.45, 7) is 0. The Kier molecular flexibility index (Phi) is 7.64. The van der Waals surface area contributed by atoms with Crippen LogP contribution < -0.4 is 11.5 Å². The topological polar surface area (TPSA) is 52.0 Å². The molecule has 0 amide bonds. The Morgan fingerprint density at radius 1 is 0.317 bits per heavy atom. The van der Waals surface area contributed by atoms with Crippen LogP contribution in [0.2, 0.25) is 0 Å². The molecule has 0 unspecified atom stereocenters. The minimum absolute atomic E-state index is 0.784. The van der Waals surface area contributed by atoms with Crippen molar-refractivity contribution in [2.45, 2.75) is 19.3 Å². The summed E-state index contributed by atoms with van der Waals surface area (Å²) in [6.07, 6.45) is 3.23. The van der Waals surface area contributed by atoms with E-state index in [0.29, 0.717) is 0 Å². The molecule has 0 heterocycles. The lowest BCUT2D eigenvalue weighted by Crippen LogP contribution is -1.92. The van der Waals surface area contributed by atoms with E-state index in [1.54, 1.807) is 0 Å². The van der Waals surface area contributed by atoms with Crippen LogP contribution in [0.1, 0.15) is 17.5 Å². The van der Waals surface area contributed by atoms with Gasteiger partial charge in [-0.3, -0.25) is 0 Å². The second kappa shape index (κ2) is 12.0. The summed E-state index contributed by atoms with van der Waals surface area (Å²) in [6, 6.07) is 51.4. The monoisotopic (exact) mass is 530 g/mol. The Balaban J connectivity index is 1.10. The summed E-state index contributed by atoms with van der Waals surface area (Å²) in [4.78, 5) is 0. The van der Waals surface area contributed by atoms with Crippen molar-refractivity contribution in [2.75, 3.05) is 11.5 Å². The maximum absolute atomic E-state index is 5.90. The predicted octanol–water partition coefficient (Wildman–Crippen LogP) is 9.69. The van der Waals surface area contributed by atoms with E-state index < -0.39 is 0 Å². The molecule has 0 aromatic heterocycles. The third kappa shape index (κ3) is 6.08. The van der Waals surface area contributed by atoms with E-state index >= 15 is 0 Å². The molecule has 0 radical (unpaired) electrons. The maximum atomic E-state index is 5.90. The van der Waals surface area contributed by atoms with Gasteiger partial charge in [-0.15, -0.1) is 0 Å². The zero-order valence-corrected chi connectivity index (χ0v) is 23.1. The largest absolute Gasteiger partial charge is 0.399 e. The average molecular weight is 531 g/mol. The summed E-state index contributed by atoms with van der Waals surface area (Å²) in [5.74, 6) is 0. The van der Waals surface area contributed by atoms with Gasteiger partial charge >= 0.3 is 0 Å². The van der Waals surface area contributed by atoms with Gasteiger partial charge in [0.25, 0.3) is 0 Å². The van der Waals surface area contributed by atoms with Crippen LogP contribution in [0.4, 0.5) is 11.4 Å². The summed E-state index contributed by atoms with van der Waals surface area (Å²) < 4.78 is 0. The highest BCUT2D eigenvalue weighted by molar-refractivity contribution is 5.85. The van der Waals surface area contributed by atoms with Gasteiger partial charge in [0.05, 0.1) is 0 Å². The number of benzene rings is 6. The van der Waals surface area contributed by atoms with Gasteiger partial charge in [-0.25, -0.2) is 0 Å². The highest BCUT2D eigenvalue weighted by Crippen LogP contribution is 2.34. The lowest BCUT2D eigenvalue weighted by Gasteiger charge is -2.12. The summed E-state index contributed by atoms with van der Waals surface area (Å²) in [5.41, 5.74) is 25.9. The first-order valence-electron chi connectivity index (χ1n) is 14.2. The highest BCUT2D eigenvalue weighted by Gasteiger charge is 2.09. The third-order valence-corrected chi connectivity index (χ3v) is 7.76. The molecule has 0 aliphatic carbocycles. The zero-order chi connectivity index (χ0) is 28.0. The first-order valence-corrected chi connectivity index (χ1v) is 14.2. The molecule has 0 spiro atoms. The Hall–Kier alpha value is -5.08. The van der Waals surface area contributed by atoms with E-state index in [0.717, 1.165) is 30.6 Å². The van der Waals surface area contributed by atoms with Crippen molar-refractivity contribution < 1.29 is 0 Å². The standard InChI is InChI=1S/C39H34N2/c40-34-24-20-32(21-25-34)38-10-3-1-8-36(38)30-16-12-28(13-17-30)6-5-7-29-14-18-31(19-15-29)37-9-2-4-11-39(37)33-22-26-35(41)27-23-33/h1-4,8-27H,5-7,40-41H2. The van der Waals surface area contributed by atoms with Gasteiger partial charge in [0.2, 0.25) is 0 Å². The van der Waals surface area contributed by atoms with Crippen LogP contribution in [0.5, 0.6) is 0 Å². The first kappa shape index (κ1) is 26.2. The van der Waals surface area contributed by atoms with E-state index in [9.17, 15) is 0 Å². The van der Waals surface area contributed by atoms with Crippen molar-refractivity contribution in [2.24, 2.45) is 0 Å². The van der Waals surface area contributed by atoms with Crippen LogP contribution in [0, 0.1) is 0 Å². The number of hydrogen-bond donors (Lipinski definition) is 2. The number of nitrogens with two attached hydrogens (primary N) is 2. The molecule has 6 rings (SSSR count). The third-order valence-electron chi connectivity index (χ3n) is 7.76. The molecule has 0 aliphatic heterocycles. The molecule has 41 heavy (non-hydrogen) atoms. The molecule has 6 aromatic carbocycles. The van der Waals surface area contributed by atoms with Gasteiger partial charge in [-0.1, -0.05) is 121 Å². The minimum atomic E-state index is 0.784. The van der Waals surface area contributed by atoms with Crippen molar-refractivity contribution >= 4 is 11.4 Å². The van der Waals surface area contributed by atoms with Crippen molar-refractivity contribution in [3.8, 4) is 44.5 Å². The van der Waals surface area contributed by atoms with Gasteiger partial charge in [0, 0.05) is 11.4 Å². The number of anilines is 2. The summed E-state index contributed by atoms with van der Waals surface area (Å²) in [7, 11) is 0. The van der Waals surface area contributed by atoms with Gasteiger partial charge < -0.3 is 11.5 Å². The van der Waals surface area contributed by atoms with E-state index in [-0.39, 0.29) is 0 Å². The van der Waals surface area contributed by atoms with Gasteiger partial charge in [-0.05, 0) is 99.2 Å². The molecule has 200 valence electrons. The molecule has 0 aliphatic rings. The second-order valence-electron chi connectivity index (χ2n) is 10.6. The van der Waals surface area contributed by atoms with Crippen LogP contribution >= 0.6 is 0 Å². The fourth-order valence-electron chi connectivity index (χ4n) is 5.50. The summed E-state index contributed by atoms with van der Waals surface area (Å²) >= 11 is 0. The van der Waals surface area contributed by atoms with Crippen molar-refractivity contribution in [1.82, 2.24) is 0 Å². The van der Waals surface area contributed by atoms with Crippen molar-refractivity contribution in [3.05, 3.63) is 157 Å². The fourth-order valence-corrected chi connectivity index (χ4v) is 5.50. The van der Waals surface area contributed by atoms with E-state index in [2.05, 4.69) is 121 Å². The molecular weight excluding hydrogens is 496 g/mol. The predicted molar refractivity (Wildman–Crippen MR) is 175 cm³/mol. The van der Waals surface area contributed by atoms with Crippen LogP contribution in [0.3, 0.4) is 0 Å². The lowest BCUT2D eigenvalue weighted by molar-refractivity contribution is 0.821. The normalized spacial score (nSPS) is 10.9. The van der Waals surface area contributed by atoms with E-state index in [1.807, 2.05) is 24.3 Å². The number of nitrogen functional groups attached to an aromatic ring is 2. The highest BCUT2D eigenvalue weighted by atomic mass is 14.5. The van der Waals surface area contributed by atoms with Crippen LogP contribution in [-0.4, -0.2) is 0 Å². The van der Waals surface area contributed by atoms with Gasteiger partial charge in [0.15, 0.2) is 0 Å². The van der Waals surface area contributed by atoms with Crippen molar-refractivity contribution in [1.29, 1.82) is 0 Å². The number of rotatable bonds is 8. The fraction of sp³-hybridized carbons (Fsp3) is 0.0769. The zero-order valence-electron chi connectivity index (χ0n) is 23.1. The molecule has 0 bridgehead atoms. The van der Waals surface area contributed by atoms with Crippen LogP contribution in [-0.2, 0) is 12.8 Å². The molecule has 6 aromatic rings. The van der Waals surface area contributed by atoms with Gasteiger partial charge in [0.1, 0.15) is 0 Å². The lowest BCUT2D eigenvalue weighted by atomic mass is 9.93. The van der Waals surface area contributed by atoms with Gasteiger partial charge in [-0.2, -0.15) is 0 Å². The Bertz CT molecular complexity index is 1600. The quantitative estimate of drug-likeness (QED) is 0.192. The van der Waals surface area contributed by atoms with E-state index in [1.165, 1.54) is 55.6 Å². The smallest absolute Gasteiger partial charge is 0.0314 e. The average Bonchev–Trinajstić information content (AvgIpc) is 3.03. The number of hydrogen-bond acceptors (Lipinski definition) is 2.